The van der Waals surface area contributed by atoms with Crippen molar-refractivity contribution < 1.29 is 14.0 Å². The standard InChI is InChI=1S/C27H26N4O3/c28-17-20-7-10-23-22(16-20)27(18-31(23)26(29)33)12-14-30(15-13-27)25(32)24-11-9-21(34-24)8-6-19-4-2-1-3-5-19/h1-5,7,9-11,16H,12-15,17-18,28H2,(H2,29,33). The fourth-order valence-electron chi connectivity index (χ4n) is 4.94. The molecule has 0 radical (unpaired) electrons. The first kappa shape index (κ1) is 21.8. The molecule has 3 amide bonds. The summed E-state index contributed by atoms with van der Waals surface area (Å²) in [6.07, 6.45) is 1.45. The van der Waals surface area contributed by atoms with Crippen molar-refractivity contribution in [2.45, 2.75) is 24.8 Å². The smallest absolute Gasteiger partial charge is 0.319 e. The van der Waals surface area contributed by atoms with Crippen LogP contribution in [0.1, 0.15) is 45.8 Å². The second kappa shape index (κ2) is 8.73. The lowest BCUT2D eigenvalue weighted by molar-refractivity contribution is 0.0642. The minimum Gasteiger partial charge on any atom is -0.443 e. The summed E-state index contributed by atoms with van der Waals surface area (Å²) in [5, 5.41) is 0. The monoisotopic (exact) mass is 454 g/mol. The second-order valence-electron chi connectivity index (χ2n) is 8.83. The molecule has 0 bridgehead atoms. The van der Waals surface area contributed by atoms with Gasteiger partial charge in [0, 0.05) is 42.8 Å². The summed E-state index contributed by atoms with van der Waals surface area (Å²) in [5.41, 5.74) is 15.1. The maximum absolute atomic E-state index is 13.1. The van der Waals surface area contributed by atoms with Gasteiger partial charge in [0.25, 0.3) is 5.91 Å². The summed E-state index contributed by atoms with van der Waals surface area (Å²) in [4.78, 5) is 28.6. The normalized spacial score (nSPS) is 16.1. The molecule has 2 aliphatic rings. The van der Waals surface area contributed by atoms with E-state index in [4.69, 9.17) is 15.9 Å². The van der Waals surface area contributed by atoms with Gasteiger partial charge in [0.2, 0.25) is 0 Å². The highest BCUT2D eigenvalue weighted by molar-refractivity contribution is 5.94. The van der Waals surface area contributed by atoms with Crippen molar-refractivity contribution in [3.8, 4) is 11.8 Å². The lowest BCUT2D eigenvalue weighted by atomic mass is 9.74. The van der Waals surface area contributed by atoms with Crippen molar-refractivity contribution in [1.82, 2.24) is 4.90 Å². The average molecular weight is 455 g/mol. The Balaban J connectivity index is 1.31. The number of carbonyl (C=O) groups is 2. The fraction of sp³-hybridized carbons (Fsp3) is 0.259. The Hall–Kier alpha value is -4.02. The Morgan fingerprint density at radius 2 is 1.76 bits per heavy atom. The van der Waals surface area contributed by atoms with Crippen molar-refractivity contribution in [2.24, 2.45) is 11.5 Å². The number of carbonyl (C=O) groups excluding carboxylic acids is 2. The van der Waals surface area contributed by atoms with E-state index < -0.39 is 6.03 Å². The molecule has 2 aliphatic heterocycles. The van der Waals surface area contributed by atoms with Gasteiger partial charge in [-0.2, -0.15) is 0 Å². The molecule has 3 aromatic rings. The van der Waals surface area contributed by atoms with E-state index in [1.807, 2.05) is 42.5 Å². The molecule has 0 unspecified atom stereocenters. The van der Waals surface area contributed by atoms with Gasteiger partial charge >= 0.3 is 6.03 Å². The highest BCUT2D eigenvalue weighted by atomic mass is 16.3. The molecular weight excluding hydrogens is 428 g/mol. The number of furan rings is 1. The van der Waals surface area contributed by atoms with Gasteiger partial charge in [0.1, 0.15) is 0 Å². The van der Waals surface area contributed by atoms with E-state index in [2.05, 4.69) is 17.9 Å². The zero-order valence-corrected chi connectivity index (χ0v) is 18.8. The Morgan fingerprint density at radius 1 is 1.00 bits per heavy atom. The van der Waals surface area contributed by atoms with E-state index in [0.717, 1.165) is 35.2 Å². The number of primary amides is 1. The summed E-state index contributed by atoms with van der Waals surface area (Å²) in [5.74, 6) is 6.59. The topological polar surface area (TPSA) is 106 Å². The Morgan fingerprint density at radius 3 is 2.47 bits per heavy atom. The minimum absolute atomic E-state index is 0.150. The highest BCUT2D eigenvalue weighted by Gasteiger charge is 2.46. The molecular formula is C27H26N4O3. The third-order valence-electron chi connectivity index (χ3n) is 6.81. The molecule has 1 saturated heterocycles. The van der Waals surface area contributed by atoms with Crippen LogP contribution in [-0.2, 0) is 12.0 Å². The molecule has 0 atom stereocenters. The van der Waals surface area contributed by atoms with Crippen LogP contribution in [-0.4, -0.2) is 36.5 Å². The molecule has 7 heteroatoms. The Labute approximate surface area is 198 Å². The minimum atomic E-state index is -0.461. The third kappa shape index (κ3) is 3.93. The number of rotatable bonds is 2. The van der Waals surface area contributed by atoms with Crippen molar-refractivity contribution in [3.05, 3.63) is 88.9 Å². The summed E-state index contributed by atoms with van der Waals surface area (Å²) in [6.45, 7) is 2.07. The molecule has 172 valence electrons. The first-order chi connectivity index (χ1) is 16.5. The van der Waals surface area contributed by atoms with Gasteiger partial charge in [-0.05, 0) is 60.2 Å². The summed E-state index contributed by atoms with van der Waals surface area (Å²) >= 11 is 0. The number of piperidine rings is 1. The molecule has 1 spiro atoms. The number of benzene rings is 2. The number of hydrogen-bond donors (Lipinski definition) is 2. The van der Waals surface area contributed by atoms with Gasteiger partial charge in [0.15, 0.2) is 11.5 Å². The molecule has 2 aromatic carbocycles. The number of nitrogens with two attached hydrogens (primary N) is 2. The number of nitrogens with zero attached hydrogens (tertiary/aromatic N) is 2. The molecule has 0 saturated carbocycles. The predicted molar refractivity (Wildman–Crippen MR) is 129 cm³/mol. The molecule has 34 heavy (non-hydrogen) atoms. The largest absolute Gasteiger partial charge is 0.443 e. The van der Waals surface area contributed by atoms with Gasteiger partial charge in [-0.15, -0.1) is 0 Å². The molecule has 4 N–H and O–H groups in total. The molecule has 0 aliphatic carbocycles. The van der Waals surface area contributed by atoms with E-state index in [1.165, 1.54) is 0 Å². The number of amides is 3. The summed E-state index contributed by atoms with van der Waals surface area (Å²) in [7, 11) is 0. The van der Waals surface area contributed by atoms with Crippen LogP contribution in [0.4, 0.5) is 10.5 Å². The van der Waals surface area contributed by atoms with Gasteiger partial charge in [0.05, 0.1) is 0 Å². The van der Waals surface area contributed by atoms with Gasteiger partial charge in [-0.1, -0.05) is 36.3 Å². The van der Waals surface area contributed by atoms with Crippen LogP contribution in [0.5, 0.6) is 0 Å². The predicted octanol–water partition coefficient (Wildman–Crippen LogP) is 3.21. The van der Waals surface area contributed by atoms with E-state index in [9.17, 15) is 9.59 Å². The summed E-state index contributed by atoms with van der Waals surface area (Å²) in [6, 6.07) is 18.5. The van der Waals surface area contributed by atoms with Gasteiger partial charge in [-0.3, -0.25) is 9.69 Å². The fourth-order valence-corrected chi connectivity index (χ4v) is 4.94. The number of urea groups is 1. The van der Waals surface area contributed by atoms with Gasteiger partial charge < -0.3 is 20.8 Å². The van der Waals surface area contributed by atoms with Crippen LogP contribution >= 0.6 is 0 Å². The van der Waals surface area contributed by atoms with Gasteiger partial charge in [-0.25, -0.2) is 4.79 Å². The SMILES string of the molecule is NCc1ccc2c(c1)C1(CCN(C(=O)c3ccc(C#Cc4ccccc4)o3)CC1)CN2C(N)=O. The summed E-state index contributed by atoms with van der Waals surface area (Å²) < 4.78 is 5.72. The Bertz CT molecular complexity index is 1290. The average Bonchev–Trinajstić information content (AvgIpc) is 3.47. The second-order valence-corrected chi connectivity index (χ2v) is 8.83. The van der Waals surface area contributed by atoms with E-state index in [0.29, 0.717) is 31.9 Å². The highest BCUT2D eigenvalue weighted by Crippen LogP contribution is 2.47. The first-order valence-electron chi connectivity index (χ1n) is 11.4. The van der Waals surface area contributed by atoms with E-state index >= 15 is 0 Å². The van der Waals surface area contributed by atoms with E-state index in [-0.39, 0.29) is 17.1 Å². The molecule has 7 nitrogen and oxygen atoms in total. The first-order valence-corrected chi connectivity index (χ1v) is 11.4. The maximum Gasteiger partial charge on any atom is 0.319 e. The zero-order chi connectivity index (χ0) is 23.7. The molecule has 1 fully saturated rings. The van der Waals surface area contributed by atoms with Crippen LogP contribution in [0.15, 0.2) is 65.1 Å². The molecule has 1 aromatic heterocycles. The number of anilines is 1. The van der Waals surface area contributed by atoms with Crippen LogP contribution < -0.4 is 16.4 Å². The van der Waals surface area contributed by atoms with Crippen molar-refractivity contribution in [1.29, 1.82) is 0 Å². The van der Waals surface area contributed by atoms with Crippen LogP contribution in [0, 0.1) is 11.8 Å². The van der Waals surface area contributed by atoms with Crippen LogP contribution in [0.2, 0.25) is 0 Å². The lowest BCUT2D eigenvalue weighted by Gasteiger charge is -2.39. The lowest BCUT2D eigenvalue weighted by Crippen LogP contribution is -2.48. The maximum atomic E-state index is 13.1. The zero-order valence-electron chi connectivity index (χ0n) is 18.8. The molecule has 3 heterocycles. The van der Waals surface area contributed by atoms with Crippen LogP contribution in [0.3, 0.4) is 0 Å². The van der Waals surface area contributed by atoms with Crippen molar-refractivity contribution in [2.75, 3.05) is 24.5 Å². The Kier molecular flexibility index (Phi) is 5.60. The van der Waals surface area contributed by atoms with Crippen molar-refractivity contribution >= 4 is 17.6 Å². The third-order valence-corrected chi connectivity index (χ3v) is 6.81. The number of hydrogen-bond acceptors (Lipinski definition) is 4. The number of likely N-dealkylation sites (tertiary alicyclic amines) is 1. The quantitative estimate of drug-likeness (QED) is 0.580. The number of fused-ring (bicyclic) bond motifs is 2. The van der Waals surface area contributed by atoms with E-state index in [1.54, 1.807) is 21.9 Å². The van der Waals surface area contributed by atoms with Crippen LogP contribution in [0.25, 0.3) is 0 Å². The van der Waals surface area contributed by atoms with Crippen molar-refractivity contribution in [3.63, 3.8) is 0 Å². The molecule has 5 rings (SSSR count).